The van der Waals surface area contributed by atoms with Crippen molar-refractivity contribution in [2.24, 2.45) is 0 Å². The zero-order chi connectivity index (χ0) is 16.4. The Hall–Kier alpha value is -1.27. The van der Waals surface area contributed by atoms with Gasteiger partial charge in [0.1, 0.15) is 6.21 Å². The molecule has 0 aliphatic carbocycles. The molecule has 2 nitrogen and oxygen atoms in total. The van der Waals surface area contributed by atoms with Crippen LogP contribution in [0.15, 0.2) is 60.7 Å². The Morgan fingerprint density at radius 2 is 1.68 bits per heavy atom. The van der Waals surface area contributed by atoms with Crippen LogP contribution in [0.1, 0.15) is 45.2 Å². The number of hydrogen-bond donors (Lipinski definition) is 0. The second kappa shape index (κ2) is 7.96. The number of fused-ring (bicyclic) bond motifs is 1. The third-order valence-corrected chi connectivity index (χ3v) is 5.47. The fourth-order valence-corrected chi connectivity index (χ4v) is 4.39. The predicted molar refractivity (Wildman–Crippen MR) is 108 cm³/mol. The maximum atomic E-state index is 6.88. The van der Waals surface area contributed by atoms with Crippen molar-refractivity contribution < 1.29 is 10.6 Å². The van der Waals surface area contributed by atoms with Gasteiger partial charge in [-0.2, -0.15) is 0 Å². The Kier molecular flexibility index (Phi) is 5.90. The van der Waals surface area contributed by atoms with E-state index in [-0.39, 0.29) is 32.9 Å². The molecule has 126 valence electrons. The second-order valence-electron chi connectivity index (χ2n) is 6.91. The molecule has 25 heavy (non-hydrogen) atoms. The molecule has 1 saturated heterocycles. The molecule has 0 N–H and O–H groups in total. The normalized spacial score (nSPS) is 20.8. The van der Waals surface area contributed by atoms with Gasteiger partial charge in [-0.05, 0) is 11.1 Å². The Labute approximate surface area is 165 Å². The summed E-state index contributed by atoms with van der Waals surface area (Å²) in [7, 11) is 0.192. The number of hydrogen-bond acceptors (Lipinski definition) is 1. The first-order valence-corrected chi connectivity index (χ1v) is 9.26. The summed E-state index contributed by atoms with van der Waals surface area (Å²) in [6.45, 7) is 2.25. The summed E-state index contributed by atoms with van der Waals surface area (Å²) in [6.07, 6.45) is 8.21. The Balaban J connectivity index is 0.00000121. The summed E-state index contributed by atoms with van der Waals surface area (Å²) in [5.41, 5.74) is 2.20. The molecule has 0 aromatic heterocycles. The molecule has 2 heterocycles. The van der Waals surface area contributed by atoms with Crippen LogP contribution < -0.4 is 0 Å². The molecule has 4 heteroatoms. The van der Waals surface area contributed by atoms with Gasteiger partial charge in [0.05, 0.1) is 0 Å². The molecule has 0 radical (unpaired) electrons. The van der Waals surface area contributed by atoms with E-state index < -0.39 is 0 Å². The van der Waals surface area contributed by atoms with E-state index >= 15 is 0 Å². The minimum atomic E-state index is -0.353. The van der Waals surface area contributed by atoms with Crippen LogP contribution in [0.25, 0.3) is 0 Å². The minimum absolute atomic E-state index is 0. The van der Waals surface area contributed by atoms with Gasteiger partial charge in [-0.25, -0.2) is 0 Å². The molecule has 0 saturated carbocycles. The molecule has 2 aromatic rings. The van der Waals surface area contributed by atoms with Gasteiger partial charge >= 0.3 is 25.9 Å². The van der Waals surface area contributed by atoms with Gasteiger partial charge in [0, 0.05) is 19.2 Å². The summed E-state index contributed by atoms with van der Waals surface area (Å²) in [5.74, 6) is 0. The van der Waals surface area contributed by atoms with Crippen LogP contribution in [0.5, 0.6) is 0 Å². The monoisotopic (exact) mass is 327 g/mol. The van der Waals surface area contributed by atoms with E-state index in [2.05, 4.69) is 78.3 Å². The molecule has 2 aliphatic heterocycles. The number of nitrogens with zero attached hydrogens (tertiary/aromatic N) is 1. The standard InChI is InChI=1S/C21H25BNO.Li.2H/c1-2-3-16-22-23-17-10-15-20(23)21(24-22,18-11-6-4-7-12-18)19-13-8-5-9-14-19;;;/h4-9,11-14,17,20H,2-3,10,15-16H2,1H3;;;/q+1;;;-1/t20-;;;/m0.../s1. The first-order chi connectivity index (χ1) is 11.9. The molecule has 2 aromatic carbocycles. The van der Waals surface area contributed by atoms with Crippen LogP contribution >= 0.6 is 0 Å². The molecule has 0 amide bonds. The zero-order valence-electron chi connectivity index (χ0n) is 15.4. The molecule has 4 rings (SSSR count). The summed E-state index contributed by atoms with van der Waals surface area (Å²) < 4.78 is 9.39. The van der Waals surface area contributed by atoms with Crippen molar-refractivity contribution in [1.82, 2.24) is 0 Å². The van der Waals surface area contributed by atoms with E-state index in [4.69, 9.17) is 4.65 Å². The predicted octanol–water partition coefficient (Wildman–Crippen LogP) is 3.96. The molecule has 1 fully saturated rings. The summed E-state index contributed by atoms with van der Waals surface area (Å²) in [6, 6.07) is 22.0. The summed E-state index contributed by atoms with van der Waals surface area (Å²) >= 11 is 0. The second-order valence-corrected chi connectivity index (χ2v) is 6.91. The van der Waals surface area contributed by atoms with Crippen molar-refractivity contribution in [3.8, 4) is 0 Å². The molecular formula is C21H27BLiNO. The van der Waals surface area contributed by atoms with Gasteiger partial charge in [0.25, 0.3) is 0 Å². The molecule has 2 aliphatic rings. The topological polar surface area (TPSA) is 12.2 Å². The molecule has 1 atom stereocenters. The van der Waals surface area contributed by atoms with E-state index in [9.17, 15) is 0 Å². The van der Waals surface area contributed by atoms with Gasteiger partial charge in [-0.15, -0.1) is 0 Å². The van der Waals surface area contributed by atoms with Crippen LogP contribution in [0.2, 0.25) is 6.32 Å². The Morgan fingerprint density at radius 1 is 1.08 bits per heavy atom. The fraction of sp³-hybridized carbons (Fsp3) is 0.381. The van der Waals surface area contributed by atoms with E-state index in [1.807, 2.05) is 0 Å². The number of benzene rings is 2. The van der Waals surface area contributed by atoms with E-state index in [1.165, 1.54) is 24.0 Å². The Morgan fingerprint density at radius 3 is 2.24 bits per heavy atom. The van der Waals surface area contributed by atoms with Crippen molar-refractivity contribution in [2.75, 3.05) is 0 Å². The molecule has 0 spiro atoms. The van der Waals surface area contributed by atoms with Crippen molar-refractivity contribution in [3.05, 3.63) is 71.8 Å². The average molecular weight is 327 g/mol. The third kappa shape index (κ3) is 3.15. The van der Waals surface area contributed by atoms with Gasteiger partial charge in [0.15, 0.2) is 11.6 Å². The van der Waals surface area contributed by atoms with Crippen molar-refractivity contribution in [2.45, 2.75) is 50.6 Å². The molecule has 0 unspecified atom stereocenters. The van der Waals surface area contributed by atoms with Crippen molar-refractivity contribution >= 4 is 32.1 Å². The van der Waals surface area contributed by atoms with Crippen LogP contribution in [0.4, 0.5) is 0 Å². The first-order valence-electron chi connectivity index (χ1n) is 9.26. The van der Waals surface area contributed by atoms with Gasteiger partial charge in [-0.1, -0.05) is 80.4 Å². The van der Waals surface area contributed by atoms with Crippen LogP contribution in [0.3, 0.4) is 0 Å². The van der Waals surface area contributed by atoms with Gasteiger partial charge in [-0.3, -0.25) is 4.49 Å². The van der Waals surface area contributed by atoms with Crippen molar-refractivity contribution in [3.63, 3.8) is 0 Å². The maximum absolute atomic E-state index is 6.88. The third-order valence-electron chi connectivity index (χ3n) is 5.47. The molecular weight excluding hydrogens is 300 g/mol. The first kappa shape index (κ1) is 18.5. The van der Waals surface area contributed by atoms with E-state index in [0.29, 0.717) is 6.04 Å². The summed E-state index contributed by atoms with van der Waals surface area (Å²) in [5, 5.41) is 0. The zero-order valence-corrected chi connectivity index (χ0v) is 14.4. The Bertz CT molecular complexity index is 686. The van der Waals surface area contributed by atoms with Gasteiger partial charge < -0.3 is 6.08 Å². The molecule has 0 bridgehead atoms. The SMILES string of the molecule is CCCCB1OC(c2ccccc2)(c2ccccc2)[C@@H]2CCC=[N+]12.[H-].[LiH]. The van der Waals surface area contributed by atoms with Crippen LogP contribution in [-0.4, -0.2) is 42.7 Å². The van der Waals surface area contributed by atoms with Crippen molar-refractivity contribution in [1.29, 1.82) is 0 Å². The van der Waals surface area contributed by atoms with E-state index in [1.54, 1.807) is 0 Å². The van der Waals surface area contributed by atoms with Crippen LogP contribution in [-0.2, 0) is 10.3 Å². The fourth-order valence-electron chi connectivity index (χ4n) is 4.39. The quantitative estimate of drug-likeness (QED) is 0.757. The number of unbranched alkanes of at least 4 members (excludes halogenated alkanes) is 1. The van der Waals surface area contributed by atoms with Crippen LogP contribution in [0, 0.1) is 0 Å². The average Bonchev–Trinajstić information content (AvgIpc) is 3.24. The van der Waals surface area contributed by atoms with Gasteiger partial charge in [0.2, 0.25) is 0 Å². The number of rotatable bonds is 5. The summed E-state index contributed by atoms with van der Waals surface area (Å²) in [4.78, 5) is 0. The van der Waals surface area contributed by atoms with E-state index in [0.717, 1.165) is 19.2 Å².